The van der Waals surface area contributed by atoms with Crippen LogP contribution in [0.15, 0.2) is 0 Å². The van der Waals surface area contributed by atoms with Gasteiger partial charge in [-0.25, -0.2) is 14.6 Å². The monoisotopic (exact) mass is 283 g/mol. The fourth-order valence-corrected chi connectivity index (χ4v) is 1.67. The largest absolute Gasteiger partial charge is 0.480 e. The van der Waals surface area contributed by atoms with Crippen LogP contribution in [0.3, 0.4) is 0 Å². The van der Waals surface area contributed by atoms with Gasteiger partial charge in [-0.2, -0.15) is 5.10 Å². The normalized spacial score (nSPS) is 13.6. The Morgan fingerprint density at radius 1 is 1.50 bits per heavy atom. The highest BCUT2D eigenvalue weighted by Crippen LogP contribution is 2.08. The van der Waals surface area contributed by atoms with Crippen LogP contribution in [0.25, 0.3) is 0 Å². The Morgan fingerprint density at radius 2 is 2.15 bits per heavy atom. The van der Waals surface area contributed by atoms with E-state index >= 15 is 0 Å². The number of carbonyl (C=O) groups excluding carboxylic acids is 1. The van der Waals surface area contributed by atoms with Crippen LogP contribution in [0, 0.1) is 12.8 Å². The third-order valence-electron chi connectivity index (χ3n) is 3.13. The first-order valence-electron chi connectivity index (χ1n) is 6.47. The Kier molecular flexibility index (Phi) is 5.48. The van der Waals surface area contributed by atoms with E-state index in [9.17, 15) is 9.59 Å². The molecule has 0 aromatic carbocycles. The molecule has 2 atom stereocenters. The number of carbonyl (C=O) groups is 2. The van der Waals surface area contributed by atoms with E-state index in [4.69, 9.17) is 5.11 Å². The summed E-state index contributed by atoms with van der Waals surface area (Å²) in [7, 11) is 1.57. The Hall–Kier alpha value is -2.12. The zero-order valence-corrected chi connectivity index (χ0v) is 12.2. The van der Waals surface area contributed by atoms with Gasteiger partial charge in [0.2, 0.25) is 0 Å². The molecule has 112 valence electrons. The van der Waals surface area contributed by atoms with Crippen LogP contribution >= 0.6 is 0 Å². The van der Waals surface area contributed by atoms with Gasteiger partial charge in [0.25, 0.3) is 0 Å². The molecule has 0 radical (unpaired) electrons. The molecule has 1 rings (SSSR count). The van der Waals surface area contributed by atoms with Crippen molar-refractivity contribution < 1.29 is 14.7 Å². The lowest BCUT2D eigenvalue weighted by Gasteiger charge is -2.23. The van der Waals surface area contributed by atoms with Crippen molar-refractivity contribution in [1.82, 2.24) is 25.4 Å². The molecule has 0 spiro atoms. The number of carboxylic acid groups (broad SMARTS) is 1. The highest BCUT2D eigenvalue weighted by molar-refractivity contribution is 5.82. The van der Waals surface area contributed by atoms with Crippen molar-refractivity contribution in [3.8, 4) is 0 Å². The minimum atomic E-state index is -1.03. The number of hydrogen-bond acceptors (Lipinski definition) is 4. The number of aromatic nitrogens is 3. The third-order valence-corrected chi connectivity index (χ3v) is 3.13. The van der Waals surface area contributed by atoms with Crippen molar-refractivity contribution in [2.24, 2.45) is 5.92 Å². The van der Waals surface area contributed by atoms with Crippen LogP contribution in [0.1, 0.15) is 31.9 Å². The van der Waals surface area contributed by atoms with E-state index in [1.54, 1.807) is 20.9 Å². The molecule has 0 aliphatic carbocycles. The molecule has 0 saturated heterocycles. The number of aromatic amines is 1. The smallest absolute Gasteiger partial charge is 0.326 e. The molecule has 0 bridgehead atoms. The highest BCUT2D eigenvalue weighted by Gasteiger charge is 2.26. The second-order valence-electron chi connectivity index (χ2n) is 4.84. The Labute approximate surface area is 117 Å². The van der Waals surface area contributed by atoms with Crippen LogP contribution < -0.4 is 5.32 Å². The van der Waals surface area contributed by atoms with Gasteiger partial charge in [-0.3, -0.25) is 5.10 Å². The van der Waals surface area contributed by atoms with Gasteiger partial charge in [-0.15, -0.1) is 0 Å². The predicted molar refractivity (Wildman–Crippen MR) is 72.0 cm³/mol. The average Bonchev–Trinajstić information content (AvgIpc) is 2.79. The van der Waals surface area contributed by atoms with E-state index in [1.807, 2.05) is 6.92 Å². The summed E-state index contributed by atoms with van der Waals surface area (Å²) in [5.74, 6) is -0.0298. The number of aryl methyl sites for hydroxylation is 1. The zero-order chi connectivity index (χ0) is 15.3. The molecule has 0 aliphatic heterocycles. The second-order valence-corrected chi connectivity index (χ2v) is 4.84. The first kappa shape index (κ1) is 15.9. The topological polar surface area (TPSA) is 111 Å². The standard InChI is InChI=1S/C12H21N5O3/c1-5-7(2)10(11(18)19)14-12(20)17(4)6-9-13-8(3)15-16-9/h7,10H,5-6H2,1-4H3,(H,14,20)(H,18,19)(H,13,15,16)/t7-,10-/m0/s1. The van der Waals surface area contributed by atoms with Crippen molar-refractivity contribution in [3.63, 3.8) is 0 Å². The van der Waals surface area contributed by atoms with Gasteiger partial charge in [-0.1, -0.05) is 20.3 Å². The molecule has 20 heavy (non-hydrogen) atoms. The van der Waals surface area contributed by atoms with Gasteiger partial charge in [-0.05, 0) is 12.8 Å². The summed E-state index contributed by atoms with van der Waals surface area (Å²) in [5.41, 5.74) is 0. The van der Waals surface area contributed by atoms with E-state index in [-0.39, 0.29) is 12.5 Å². The van der Waals surface area contributed by atoms with Crippen molar-refractivity contribution in [3.05, 3.63) is 11.6 Å². The zero-order valence-electron chi connectivity index (χ0n) is 12.2. The van der Waals surface area contributed by atoms with Gasteiger partial charge in [0.05, 0.1) is 6.54 Å². The number of nitrogens with one attached hydrogen (secondary N) is 2. The lowest BCUT2D eigenvalue weighted by Crippen LogP contribution is -2.49. The molecular weight excluding hydrogens is 262 g/mol. The fourth-order valence-electron chi connectivity index (χ4n) is 1.67. The maximum atomic E-state index is 12.0. The minimum absolute atomic E-state index is 0.143. The highest BCUT2D eigenvalue weighted by atomic mass is 16.4. The Bertz CT molecular complexity index is 473. The van der Waals surface area contributed by atoms with E-state index in [0.29, 0.717) is 18.1 Å². The molecule has 0 fully saturated rings. The number of hydrogen-bond donors (Lipinski definition) is 3. The van der Waals surface area contributed by atoms with Gasteiger partial charge in [0.15, 0.2) is 5.82 Å². The molecule has 8 nitrogen and oxygen atoms in total. The number of aliphatic carboxylic acids is 1. The molecule has 0 unspecified atom stereocenters. The third kappa shape index (κ3) is 4.22. The lowest BCUT2D eigenvalue weighted by atomic mass is 9.99. The number of amides is 2. The summed E-state index contributed by atoms with van der Waals surface area (Å²) in [4.78, 5) is 28.6. The molecule has 0 aliphatic rings. The molecule has 1 aromatic rings. The number of H-pyrrole nitrogens is 1. The quantitative estimate of drug-likeness (QED) is 0.713. The van der Waals surface area contributed by atoms with Crippen molar-refractivity contribution in [1.29, 1.82) is 0 Å². The van der Waals surface area contributed by atoms with Crippen LogP contribution in [0.2, 0.25) is 0 Å². The van der Waals surface area contributed by atoms with Crippen LogP contribution in [-0.4, -0.2) is 50.3 Å². The first-order chi connectivity index (χ1) is 9.35. The molecule has 0 saturated carbocycles. The van der Waals surface area contributed by atoms with Crippen molar-refractivity contribution >= 4 is 12.0 Å². The fraction of sp³-hybridized carbons (Fsp3) is 0.667. The van der Waals surface area contributed by atoms with Crippen molar-refractivity contribution in [2.45, 2.75) is 39.8 Å². The summed E-state index contributed by atoms with van der Waals surface area (Å²) >= 11 is 0. The van der Waals surface area contributed by atoms with E-state index in [0.717, 1.165) is 0 Å². The van der Waals surface area contributed by atoms with Gasteiger partial charge in [0.1, 0.15) is 11.9 Å². The van der Waals surface area contributed by atoms with Crippen molar-refractivity contribution in [2.75, 3.05) is 7.05 Å². The number of rotatable bonds is 6. The average molecular weight is 283 g/mol. The summed E-state index contributed by atoms with van der Waals surface area (Å²) in [6.45, 7) is 5.65. The van der Waals surface area contributed by atoms with Crippen LogP contribution in [0.5, 0.6) is 0 Å². The summed E-state index contributed by atoms with van der Waals surface area (Å²) in [6.07, 6.45) is 0.668. The maximum absolute atomic E-state index is 12.0. The second kappa shape index (κ2) is 6.88. The molecular formula is C12H21N5O3. The lowest BCUT2D eigenvalue weighted by molar-refractivity contribution is -0.140. The number of urea groups is 1. The van der Waals surface area contributed by atoms with Crippen LogP contribution in [0.4, 0.5) is 4.79 Å². The van der Waals surface area contributed by atoms with Gasteiger partial charge >= 0.3 is 12.0 Å². The molecule has 3 N–H and O–H groups in total. The van der Waals surface area contributed by atoms with Crippen LogP contribution in [-0.2, 0) is 11.3 Å². The van der Waals surface area contributed by atoms with E-state index < -0.39 is 18.0 Å². The maximum Gasteiger partial charge on any atom is 0.326 e. The Morgan fingerprint density at radius 3 is 2.60 bits per heavy atom. The minimum Gasteiger partial charge on any atom is -0.480 e. The predicted octanol–water partition coefficient (Wildman–Crippen LogP) is 0.754. The van der Waals surface area contributed by atoms with Gasteiger partial charge < -0.3 is 15.3 Å². The molecule has 1 aromatic heterocycles. The summed E-state index contributed by atoms with van der Waals surface area (Å²) in [6, 6.07) is -1.36. The van der Waals surface area contributed by atoms with E-state index in [2.05, 4.69) is 20.5 Å². The summed E-state index contributed by atoms with van der Waals surface area (Å²) in [5, 5.41) is 18.3. The Balaban J connectivity index is 2.61. The molecule has 2 amide bonds. The number of carboxylic acids is 1. The first-order valence-corrected chi connectivity index (χ1v) is 6.47. The molecule has 1 heterocycles. The molecule has 8 heteroatoms. The SMILES string of the molecule is CC[C@H](C)[C@H](NC(=O)N(C)Cc1n[nH]c(C)n1)C(=O)O. The summed E-state index contributed by atoms with van der Waals surface area (Å²) < 4.78 is 0. The van der Waals surface area contributed by atoms with E-state index in [1.165, 1.54) is 4.90 Å². The van der Waals surface area contributed by atoms with Gasteiger partial charge in [0, 0.05) is 7.05 Å². The number of nitrogens with zero attached hydrogens (tertiary/aromatic N) is 3.